The monoisotopic (exact) mass is 350 g/mol. The molecule has 0 radical (unpaired) electrons. The van der Waals surface area contributed by atoms with Crippen LogP contribution in [0.15, 0.2) is 54.6 Å². The molecule has 4 heteroatoms. The lowest BCUT2D eigenvalue weighted by Crippen LogP contribution is -2.03. The quantitative estimate of drug-likeness (QED) is 0.424. The molecule has 0 spiro atoms. The summed E-state index contributed by atoms with van der Waals surface area (Å²) in [6, 6.07) is 17.4. The van der Waals surface area contributed by atoms with E-state index in [1.54, 1.807) is 12.1 Å². The average molecular weight is 350 g/mol. The maximum atomic E-state index is 10.8. The summed E-state index contributed by atoms with van der Waals surface area (Å²) in [5, 5.41) is 10.8. The molecule has 0 N–H and O–H groups in total. The Morgan fingerprint density at radius 3 is 2.04 bits per heavy atom. The van der Waals surface area contributed by atoms with Crippen molar-refractivity contribution >= 4 is 5.69 Å². The Bertz CT molecular complexity index is 876. The first-order valence-corrected chi connectivity index (χ1v) is 8.93. The standard InChI is InChI=1S/C20H20N2O2.C2H6/c1-14-4-6-17(7-5-14)13-21-15(2)12-20(16(21)3)18-8-10-19(11-9-18)22(23)24;1-2/h4-12H,13H2,1-3H3;1-2H3. The van der Waals surface area contributed by atoms with Gasteiger partial charge in [-0.05, 0) is 50.1 Å². The topological polar surface area (TPSA) is 48.1 Å². The van der Waals surface area contributed by atoms with Crippen LogP contribution in [0.3, 0.4) is 0 Å². The van der Waals surface area contributed by atoms with Crippen LogP contribution in [-0.4, -0.2) is 9.49 Å². The molecule has 0 atom stereocenters. The van der Waals surface area contributed by atoms with Crippen LogP contribution in [-0.2, 0) is 6.54 Å². The summed E-state index contributed by atoms with van der Waals surface area (Å²) in [5.41, 5.74) is 7.11. The van der Waals surface area contributed by atoms with E-state index in [1.165, 1.54) is 22.5 Å². The van der Waals surface area contributed by atoms with E-state index in [9.17, 15) is 10.1 Å². The molecule has 0 bridgehead atoms. The highest BCUT2D eigenvalue weighted by Crippen LogP contribution is 2.29. The largest absolute Gasteiger partial charge is 0.344 e. The second-order valence-electron chi connectivity index (χ2n) is 6.16. The van der Waals surface area contributed by atoms with Crippen LogP contribution >= 0.6 is 0 Å². The van der Waals surface area contributed by atoms with E-state index >= 15 is 0 Å². The zero-order valence-corrected chi connectivity index (χ0v) is 16.1. The van der Waals surface area contributed by atoms with E-state index in [2.05, 4.69) is 55.7 Å². The fourth-order valence-electron chi connectivity index (χ4n) is 2.98. The van der Waals surface area contributed by atoms with Crippen LogP contribution in [0.2, 0.25) is 0 Å². The Hall–Kier alpha value is -2.88. The fourth-order valence-corrected chi connectivity index (χ4v) is 2.98. The van der Waals surface area contributed by atoms with Crippen molar-refractivity contribution in [1.82, 2.24) is 4.57 Å². The van der Waals surface area contributed by atoms with Crippen molar-refractivity contribution in [3.05, 3.63) is 87.2 Å². The number of nitro benzene ring substituents is 1. The summed E-state index contributed by atoms with van der Waals surface area (Å²) in [6.45, 7) is 11.1. The summed E-state index contributed by atoms with van der Waals surface area (Å²) in [4.78, 5) is 10.4. The molecule has 0 fully saturated rings. The Morgan fingerprint density at radius 1 is 0.923 bits per heavy atom. The van der Waals surface area contributed by atoms with Gasteiger partial charge in [0.05, 0.1) is 4.92 Å². The molecule has 0 aliphatic heterocycles. The maximum Gasteiger partial charge on any atom is 0.269 e. The molecule has 0 aliphatic rings. The van der Waals surface area contributed by atoms with Crippen molar-refractivity contribution in [3.63, 3.8) is 0 Å². The molecule has 1 heterocycles. The maximum absolute atomic E-state index is 10.8. The van der Waals surface area contributed by atoms with Gasteiger partial charge in [-0.25, -0.2) is 0 Å². The van der Waals surface area contributed by atoms with Gasteiger partial charge in [-0.1, -0.05) is 43.7 Å². The predicted molar refractivity (Wildman–Crippen MR) is 108 cm³/mol. The molecule has 0 saturated carbocycles. The normalized spacial score (nSPS) is 10.2. The van der Waals surface area contributed by atoms with Gasteiger partial charge in [-0.3, -0.25) is 10.1 Å². The van der Waals surface area contributed by atoms with Crippen LogP contribution in [0.1, 0.15) is 36.4 Å². The van der Waals surface area contributed by atoms with E-state index in [0.29, 0.717) is 0 Å². The van der Waals surface area contributed by atoms with Gasteiger partial charge in [0, 0.05) is 35.6 Å². The summed E-state index contributed by atoms with van der Waals surface area (Å²) >= 11 is 0. The third kappa shape index (κ3) is 4.20. The Morgan fingerprint density at radius 2 is 1.50 bits per heavy atom. The zero-order valence-electron chi connectivity index (χ0n) is 16.1. The van der Waals surface area contributed by atoms with Crippen molar-refractivity contribution in [2.45, 2.75) is 41.2 Å². The summed E-state index contributed by atoms with van der Waals surface area (Å²) in [5.74, 6) is 0. The second kappa shape index (κ2) is 8.48. The van der Waals surface area contributed by atoms with E-state index in [-0.39, 0.29) is 10.6 Å². The second-order valence-corrected chi connectivity index (χ2v) is 6.16. The van der Waals surface area contributed by atoms with E-state index in [0.717, 1.165) is 17.7 Å². The van der Waals surface area contributed by atoms with E-state index in [4.69, 9.17) is 0 Å². The molecule has 3 aromatic rings. The molecule has 2 aromatic carbocycles. The number of aryl methyl sites for hydroxylation is 2. The van der Waals surface area contributed by atoms with Gasteiger partial charge in [0.1, 0.15) is 0 Å². The molecule has 0 aliphatic carbocycles. The van der Waals surface area contributed by atoms with Crippen LogP contribution in [0, 0.1) is 30.9 Å². The zero-order chi connectivity index (χ0) is 19.3. The predicted octanol–water partition coefficient (Wildman–Crippen LogP) is 6.06. The van der Waals surface area contributed by atoms with Crippen molar-refractivity contribution in [3.8, 4) is 11.1 Å². The summed E-state index contributed by atoms with van der Waals surface area (Å²) in [6.07, 6.45) is 0. The Labute approximate surface area is 155 Å². The highest BCUT2D eigenvalue weighted by molar-refractivity contribution is 5.68. The minimum absolute atomic E-state index is 0.118. The smallest absolute Gasteiger partial charge is 0.269 e. The molecular weight excluding hydrogens is 324 g/mol. The molecule has 1 aromatic heterocycles. The van der Waals surface area contributed by atoms with Crippen molar-refractivity contribution in [2.24, 2.45) is 0 Å². The molecule has 3 rings (SSSR count). The summed E-state index contributed by atoms with van der Waals surface area (Å²) < 4.78 is 2.28. The lowest BCUT2D eigenvalue weighted by Gasteiger charge is -2.10. The first-order valence-electron chi connectivity index (χ1n) is 8.93. The van der Waals surface area contributed by atoms with Gasteiger partial charge in [-0.15, -0.1) is 0 Å². The molecule has 0 amide bonds. The third-order valence-electron chi connectivity index (χ3n) is 4.42. The Kier molecular flexibility index (Phi) is 6.34. The van der Waals surface area contributed by atoms with Gasteiger partial charge in [0.25, 0.3) is 5.69 Å². The molecule has 0 saturated heterocycles. The minimum Gasteiger partial charge on any atom is -0.344 e. The number of nitro groups is 1. The van der Waals surface area contributed by atoms with Gasteiger partial charge < -0.3 is 4.57 Å². The van der Waals surface area contributed by atoms with Crippen LogP contribution in [0.5, 0.6) is 0 Å². The lowest BCUT2D eigenvalue weighted by atomic mass is 10.1. The van der Waals surface area contributed by atoms with Gasteiger partial charge in [0.15, 0.2) is 0 Å². The van der Waals surface area contributed by atoms with Crippen molar-refractivity contribution < 1.29 is 4.92 Å². The fraction of sp³-hybridized carbons (Fsp3) is 0.273. The number of nitrogens with zero attached hydrogens (tertiary/aromatic N) is 2. The lowest BCUT2D eigenvalue weighted by molar-refractivity contribution is -0.384. The number of hydrogen-bond donors (Lipinski definition) is 0. The number of rotatable bonds is 4. The molecular formula is C22H26N2O2. The molecule has 4 nitrogen and oxygen atoms in total. The van der Waals surface area contributed by atoms with Crippen LogP contribution in [0.25, 0.3) is 11.1 Å². The first-order chi connectivity index (χ1) is 12.5. The average Bonchev–Trinajstić information content (AvgIpc) is 2.93. The van der Waals surface area contributed by atoms with Crippen molar-refractivity contribution in [2.75, 3.05) is 0 Å². The van der Waals surface area contributed by atoms with Gasteiger partial charge in [-0.2, -0.15) is 0 Å². The minimum atomic E-state index is -0.371. The summed E-state index contributed by atoms with van der Waals surface area (Å²) in [7, 11) is 0. The van der Waals surface area contributed by atoms with Gasteiger partial charge >= 0.3 is 0 Å². The molecule has 26 heavy (non-hydrogen) atoms. The molecule has 136 valence electrons. The van der Waals surface area contributed by atoms with Crippen LogP contribution < -0.4 is 0 Å². The van der Waals surface area contributed by atoms with E-state index < -0.39 is 0 Å². The third-order valence-corrected chi connectivity index (χ3v) is 4.42. The highest BCUT2D eigenvalue weighted by atomic mass is 16.6. The number of hydrogen-bond acceptors (Lipinski definition) is 2. The molecule has 0 unspecified atom stereocenters. The number of non-ortho nitro benzene ring substituents is 1. The van der Waals surface area contributed by atoms with Crippen molar-refractivity contribution in [1.29, 1.82) is 0 Å². The van der Waals surface area contributed by atoms with Crippen LogP contribution in [0.4, 0.5) is 5.69 Å². The number of aromatic nitrogens is 1. The SMILES string of the molecule is CC.Cc1ccc(Cn2c(C)cc(-c3ccc([N+](=O)[O-])cc3)c2C)cc1. The highest BCUT2D eigenvalue weighted by Gasteiger charge is 2.12. The first kappa shape index (κ1) is 19.4. The van der Waals surface area contributed by atoms with E-state index in [1.807, 2.05) is 26.0 Å². The number of benzene rings is 2. The van der Waals surface area contributed by atoms with Gasteiger partial charge in [0.2, 0.25) is 0 Å². The Balaban J connectivity index is 0.00000117.